The van der Waals surface area contributed by atoms with Gasteiger partial charge in [-0.05, 0) is 56.9 Å². The van der Waals surface area contributed by atoms with Crippen LogP contribution in [0.3, 0.4) is 0 Å². The second kappa shape index (κ2) is 12.9. The predicted octanol–water partition coefficient (Wildman–Crippen LogP) is 4.80. The van der Waals surface area contributed by atoms with E-state index in [9.17, 15) is 4.79 Å². The largest absolute Gasteiger partial charge is 0.356 e. The lowest BCUT2D eigenvalue weighted by Gasteiger charge is -2.26. The van der Waals surface area contributed by atoms with E-state index >= 15 is 0 Å². The standard InChI is InChI=1S/C32H32N6O4/c1-23(41-30-4-2-3-17-40-30)31-35-13-16-38(31)21-28-18-29(42-36-28)26-9-7-24(8-10-26)5-6-25-11-14-37(15-12-25)32(39)27-19-33-22-34-20-27/h7-11,13,16,18-20,22-23,30H,2-4,12,14-15,17,21H2,1H3/t23-,30?/m0/s1. The fraction of sp³-hybridized carbons (Fsp3) is 0.344. The van der Waals surface area contributed by atoms with E-state index < -0.39 is 0 Å². The minimum atomic E-state index is -0.196. The molecule has 0 N–H and O–H groups in total. The molecule has 10 nitrogen and oxygen atoms in total. The predicted molar refractivity (Wildman–Crippen MR) is 154 cm³/mol. The Balaban J connectivity index is 1.04. The van der Waals surface area contributed by atoms with E-state index in [0.717, 1.165) is 54.1 Å². The highest BCUT2D eigenvalue weighted by molar-refractivity contribution is 5.93. The Morgan fingerprint density at radius 2 is 2.02 bits per heavy atom. The van der Waals surface area contributed by atoms with E-state index in [1.165, 1.54) is 6.33 Å². The fourth-order valence-corrected chi connectivity index (χ4v) is 5.05. The minimum Gasteiger partial charge on any atom is -0.356 e. The molecular weight excluding hydrogens is 532 g/mol. The molecule has 6 rings (SSSR count). The molecule has 0 spiro atoms. The minimum absolute atomic E-state index is 0.0659. The second-order valence-electron chi connectivity index (χ2n) is 10.4. The number of hydrogen-bond acceptors (Lipinski definition) is 8. The third-order valence-electron chi connectivity index (χ3n) is 7.34. The Hall–Kier alpha value is -4.59. The fourth-order valence-electron chi connectivity index (χ4n) is 5.05. The van der Waals surface area contributed by atoms with Gasteiger partial charge < -0.3 is 23.5 Å². The van der Waals surface area contributed by atoms with Gasteiger partial charge >= 0.3 is 0 Å². The van der Waals surface area contributed by atoms with Gasteiger partial charge in [-0.15, -0.1) is 0 Å². The molecule has 214 valence electrons. The molecule has 0 bridgehead atoms. The van der Waals surface area contributed by atoms with E-state index in [4.69, 9.17) is 14.0 Å². The molecule has 2 aliphatic rings. The van der Waals surface area contributed by atoms with Crippen molar-refractivity contribution in [3.8, 4) is 23.2 Å². The molecule has 42 heavy (non-hydrogen) atoms. The van der Waals surface area contributed by atoms with E-state index in [0.29, 0.717) is 37.4 Å². The summed E-state index contributed by atoms with van der Waals surface area (Å²) in [6.45, 7) is 4.40. The van der Waals surface area contributed by atoms with Crippen molar-refractivity contribution in [1.82, 2.24) is 29.6 Å². The number of carbonyl (C=O) groups excluding carboxylic acids is 1. The Bertz CT molecular complexity index is 1590. The Morgan fingerprint density at radius 3 is 2.79 bits per heavy atom. The highest BCUT2D eigenvalue weighted by atomic mass is 16.7. The highest BCUT2D eigenvalue weighted by Gasteiger charge is 2.22. The number of carbonyl (C=O) groups is 1. The molecule has 2 atom stereocenters. The molecule has 0 saturated carbocycles. The first-order chi connectivity index (χ1) is 20.6. The number of benzene rings is 1. The van der Waals surface area contributed by atoms with Crippen molar-refractivity contribution in [3.05, 3.63) is 95.7 Å². The Morgan fingerprint density at radius 1 is 1.17 bits per heavy atom. The van der Waals surface area contributed by atoms with Gasteiger partial charge in [0.1, 0.15) is 23.9 Å². The van der Waals surface area contributed by atoms with Crippen molar-refractivity contribution in [2.75, 3.05) is 19.7 Å². The summed E-state index contributed by atoms with van der Waals surface area (Å²) in [4.78, 5) is 26.7. The quantitative estimate of drug-likeness (QED) is 0.295. The van der Waals surface area contributed by atoms with Crippen molar-refractivity contribution in [2.24, 2.45) is 0 Å². The zero-order valence-corrected chi connectivity index (χ0v) is 23.5. The van der Waals surface area contributed by atoms with Crippen molar-refractivity contribution in [2.45, 2.75) is 51.5 Å². The molecular formula is C32H32N6O4. The number of aromatic nitrogens is 5. The molecule has 1 aromatic carbocycles. The molecule has 2 aliphatic heterocycles. The van der Waals surface area contributed by atoms with E-state index in [-0.39, 0.29) is 18.3 Å². The Labute approximate surface area is 244 Å². The summed E-state index contributed by atoms with van der Waals surface area (Å²) < 4.78 is 19.5. The van der Waals surface area contributed by atoms with Gasteiger partial charge in [0.2, 0.25) is 0 Å². The van der Waals surface area contributed by atoms with Crippen LogP contribution in [-0.2, 0) is 16.0 Å². The van der Waals surface area contributed by atoms with Crippen LogP contribution in [0.4, 0.5) is 0 Å². The Kier molecular flexibility index (Phi) is 8.49. The highest BCUT2D eigenvalue weighted by Crippen LogP contribution is 2.25. The molecule has 1 saturated heterocycles. The third kappa shape index (κ3) is 6.65. The number of nitrogens with zero attached hydrogens (tertiary/aromatic N) is 6. The van der Waals surface area contributed by atoms with Crippen molar-refractivity contribution in [3.63, 3.8) is 0 Å². The number of ether oxygens (including phenoxy) is 2. The maximum Gasteiger partial charge on any atom is 0.257 e. The first kappa shape index (κ1) is 27.6. The van der Waals surface area contributed by atoms with Crippen LogP contribution >= 0.6 is 0 Å². The van der Waals surface area contributed by atoms with Crippen LogP contribution in [0, 0.1) is 11.8 Å². The van der Waals surface area contributed by atoms with Crippen LogP contribution in [0.1, 0.15) is 66.2 Å². The van der Waals surface area contributed by atoms with Gasteiger partial charge in [-0.1, -0.05) is 23.1 Å². The molecule has 0 aliphatic carbocycles. The van der Waals surface area contributed by atoms with Crippen molar-refractivity contribution >= 4 is 5.91 Å². The van der Waals surface area contributed by atoms with Crippen molar-refractivity contribution < 1.29 is 18.8 Å². The molecule has 3 aromatic heterocycles. The van der Waals surface area contributed by atoms with Gasteiger partial charge in [0, 0.05) is 67.3 Å². The first-order valence-electron chi connectivity index (χ1n) is 14.2. The van der Waals surface area contributed by atoms with Gasteiger partial charge in [-0.25, -0.2) is 15.0 Å². The normalized spacial score (nSPS) is 17.7. The van der Waals surface area contributed by atoms with Crippen LogP contribution < -0.4 is 0 Å². The van der Waals surface area contributed by atoms with Crippen molar-refractivity contribution in [1.29, 1.82) is 0 Å². The zero-order chi connectivity index (χ0) is 28.7. The number of rotatable bonds is 7. The van der Waals surface area contributed by atoms with E-state index in [1.807, 2.05) is 54.1 Å². The molecule has 4 aromatic rings. The van der Waals surface area contributed by atoms with Gasteiger partial charge in [-0.3, -0.25) is 4.79 Å². The van der Waals surface area contributed by atoms with Crippen LogP contribution in [0.2, 0.25) is 0 Å². The van der Waals surface area contributed by atoms with Gasteiger partial charge in [-0.2, -0.15) is 0 Å². The second-order valence-corrected chi connectivity index (χ2v) is 10.4. The van der Waals surface area contributed by atoms with Crippen LogP contribution in [-0.4, -0.2) is 61.5 Å². The summed E-state index contributed by atoms with van der Waals surface area (Å²) in [5.74, 6) is 7.93. The van der Waals surface area contributed by atoms with Crippen LogP contribution in [0.15, 0.2) is 77.6 Å². The lowest BCUT2D eigenvalue weighted by molar-refractivity contribution is -0.188. The maximum atomic E-state index is 12.6. The van der Waals surface area contributed by atoms with Gasteiger partial charge in [0.15, 0.2) is 12.1 Å². The average molecular weight is 565 g/mol. The third-order valence-corrected chi connectivity index (χ3v) is 7.34. The smallest absolute Gasteiger partial charge is 0.257 e. The molecule has 0 radical (unpaired) electrons. The van der Waals surface area contributed by atoms with E-state index in [1.54, 1.807) is 23.5 Å². The zero-order valence-electron chi connectivity index (χ0n) is 23.5. The molecule has 1 unspecified atom stereocenters. The molecule has 5 heterocycles. The molecule has 1 fully saturated rings. The maximum absolute atomic E-state index is 12.6. The summed E-state index contributed by atoms with van der Waals surface area (Å²) in [7, 11) is 0. The van der Waals surface area contributed by atoms with Gasteiger partial charge in [0.05, 0.1) is 12.1 Å². The summed E-state index contributed by atoms with van der Waals surface area (Å²) in [6, 6.07) is 9.85. The summed E-state index contributed by atoms with van der Waals surface area (Å²) in [5, 5.41) is 4.28. The van der Waals surface area contributed by atoms with E-state index in [2.05, 4.69) is 31.9 Å². The molecule has 10 heteroatoms. The summed E-state index contributed by atoms with van der Waals surface area (Å²) in [6.07, 6.45) is 13.7. The topological polar surface area (TPSA) is 108 Å². The number of hydrogen-bond donors (Lipinski definition) is 0. The van der Waals surface area contributed by atoms with Crippen LogP contribution in [0.5, 0.6) is 0 Å². The number of imidazole rings is 1. The molecule has 1 amide bonds. The SMILES string of the molecule is C[C@H](OC1CCCCO1)c1nccn1Cc1cc(-c2ccc(C#CC3=CCN(C(=O)c4cncnc4)CC3)cc2)on1. The van der Waals surface area contributed by atoms with Gasteiger partial charge in [0.25, 0.3) is 5.91 Å². The number of amides is 1. The summed E-state index contributed by atoms with van der Waals surface area (Å²) in [5.41, 5.74) is 4.14. The monoisotopic (exact) mass is 564 g/mol. The first-order valence-corrected chi connectivity index (χ1v) is 14.2. The lowest BCUT2D eigenvalue weighted by Crippen LogP contribution is -2.34. The van der Waals surface area contributed by atoms with Crippen LogP contribution in [0.25, 0.3) is 11.3 Å². The average Bonchev–Trinajstić information content (AvgIpc) is 3.71. The lowest BCUT2D eigenvalue weighted by atomic mass is 10.1. The summed E-state index contributed by atoms with van der Waals surface area (Å²) >= 11 is 0.